The number of rotatable bonds is 6. The maximum atomic E-state index is 5.48. The number of nitrogens with one attached hydrogen (secondary N) is 2. The van der Waals surface area contributed by atoms with Gasteiger partial charge < -0.3 is 15.0 Å². The molecule has 0 saturated carbocycles. The van der Waals surface area contributed by atoms with Crippen molar-refractivity contribution in [2.24, 2.45) is 0 Å². The van der Waals surface area contributed by atoms with Gasteiger partial charge in [-0.3, -0.25) is 0 Å². The van der Waals surface area contributed by atoms with Crippen molar-refractivity contribution in [1.82, 2.24) is 14.6 Å². The minimum absolute atomic E-state index is 0.853. The number of morpholine rings is 1. The lowest BCUT2D eigenvalue weighted by atomic mass is 10.1. The van der Waals surface area contributed by atoms with E-state index in [4.69, 9.17) is 14.8 Å². The van der Waals surface area contributed by atoms with E-state index < -0.39 is 0 Å². The van der Waals surface area contributed by atoms with Crippen molar-refractivity contribution in [3.05, 3.63) is 72.4 Å². The third-order valence-electron chi connectivity index (χ3n) is 5.88. The fraction of sp³-hybridized carbons (Fsp3) is 0.280. The van der Waals surface area contributed by atoms with Crippen LogP contribution in [0, 0.1) is 6.92 Å². The first-order valence-corrected chi connectivity index (χ1v) is 11.0. The lowest BCUT2D eigenvalue weighted by Crippen LogP contribution is -3.14. The van der Waals surface area contributed by atoms with Crippen LogP contribution in [0.2, 0.25) is 0 Å². The summed E-state index contributed by atoms with van der Waals surface area (Å²) in [5.41, 5.74) is 6.13. The van der Waals surface area contributed by atoms with Crippen LogP contribution in [0.25, 0.3) is 28.0 Å². The number of hydrogen-bond donors (Lipinski definition) is 2. The van der Waals surface area contributed by atoms with Gasteiger partial charge in [-0.1, -0.05) is 60.7 Å². The van der Waals surface area contributed by atoms with Gasteiger partial charge in [0.25, 0.3) is 0 Å². The third kappa shape index (κ3) is 4.17. The first-order chi connectivity index (χ1) is 15.3. The maximum Gasteiger partial charge on any atom is 0.166 e. The summed E-state index contributed by atoms with van der Waals surface area (Å²) in [6, 6.07) is 22.8. The summed E-state index contributed by atoms with van der Waals surface area (Å²) in [6.07, 6.45) is 0. The summed E-state index contributed by atoms with van der Waals surface area (Å²) in [6.45, 7) is 7.84. The van der Waals surface area contributed by atoms with Crippen LogP contribution in [0.5, 0.6) is 0 Å². The zero-order chi connectivity index (χ0) is 21.0. The van der Waals surface area contributed by atoms with Crippen LogP contribution in [0.1, 0.15) is 5.69 Å². The van der Waals surface area contributed by atoms with Crippen molar-refractivity contribution in [3.8, 4) is 22.4 Å². The minimum Gasteiger partial charge on any atom is -0.370 e. The topological polar surface area (TPSA) is 55.9 Å². The van der Waals surface area contributed by atoms with Crippen LogP contribution in [0.15, 0.2) is 66.7 Å². The highest BCUT2D eigenvalue weighted by Gasteiger charge is 2.18. The molecule has 2 aromatic carbocycles. The van der Waals surface area contributed by atoms with Gasteiger partial charge in [0, 0.05) is 17.2 Å². The molecular weight excluding hydrogens is 386 g/mol. The second kappa shape index (κ2) is 8.88. The number of fused-ring (bicyclic) bond motifs is 1. The van der Waals surface area contributed by atoms with E-state index in [2.05, 4.69) is 66.8 Å². The van der Waals surface area contributed by atoms with Crippen LogP contribution in [-0.2, 0) is 4.74 Å². The van der Waals surface area contributed by atoms with E-state index in [1.54, 1.807) is 4.90 Å². The zero-order valence-corrected chi connectivity index (χ0v) is 17.8. The van der Waals surface area contributed by atoms with E-state index in [-0.39, 0.29) is 0 Å². The molecule has 0 aliphatic carbocycles. The number of aromatic nitrogens is 3. The van der Waals surface area contributed by atoms with Crippen molar-refractivity contribution in [2.75, 3.05) is 44.7 Å². The molecule has 0 atom stereocenters. The molecule has 2 aromatic heterocycles. The molecule has 0 amide bonds. The Labute approximate surface area is 182 Å². The van der Waals surface area contributed by atoms with Gasteiger partial charge in [-0.05, 0) is 12.5 Å². The Balaban J connectivity index is 1.54. The Morgan fingerprint density at radius 2 is 1.65 bits per heavy atom. The van der Waals surface area contributed by atoms with Crippen LogP contribution in [0.4, 0.5) is 5.82 Å². The number of aryl methyl sites for hydroxylation is 1. The SMILES string of the molecule is Cc1nn2c(NCC[NH+]3CCOCC3)cc(-c3ccccc3)nc2c1-c1ccccc1. The first kappa shape index (κ1) is 19.7. The molecule has 4 aromatic rings. The van der Waals surface area contributed by atoms with Crippen LogP contribution >= 0.6 is 0 Å². The molecule has 158 valence electrons. The van der Waals surface area contributed by atoms with Crippen molar-refractivity contribution in [2.45, 2.75) is 6.92 Å². The predicted octanol–water partition coefficient (Wildman–Crippen LogP) is 2.70. The third-order valence-corrected chi connectivity index (χ3v) is 5.88. The number of anilines is 1. The van der Waals surface area contributed by atoms with E-state index in [1.807, 2.05) is 16.6 Å². The highest BCUT2D eigenvalue weighted by Crippen LogP contribution is 2.31. The van der Waals surface area contributed by atoms with Gasteiger partial charge in [0.2, 0.25) is 0 Å². The number of hydrogen-bond acceptors (Lipinski definition) is 4. The maximum absolute atomic E-state index is 5.48. The second-order valence-electron chi connectivity index (χ2n) is 7.99. The molecule has 1 fully saturated rings. The Morgan fingerprint density at radius 3 is 2.35 bits per heavy atom. The van der Waals surface area contributed by atoms with Crippen LogP contribution in [0.3, 0.4) is 0 Å². The second-order valence-corrected chi connectivity index (χ2v) is 7.99. The predicted molar refractivity (Wildman–Crippen MR) is 123 cm³/mol. The molecule has 3 heterocycles. The Hall–Kier alpha value is -3.22. The fourth-order valence-electron chi connectivity index (χ4n) is 4.23. The average Bonchev–Trinajstić information content (AvgIpc) is 3.17. The number of quaternary nitrogens is 1. The average molecular weight is 415 g/mol. The molecule has 0 unspecified atom stereocenters. The Kier molecular flexibility index (Phi) is 5.65. The normalized spacial score (nSPS) is 14.7. The summed E-state index contributed by atoms with van der Waals surface area (Å²) in [4.78, 5) is 6.62. The van der Waals surface area contributed by atoms with Crippen LogP contribution < -0.4 is 10.2 Å². The molecule has 6 nitrogen and oxygen atoms in total. The van der Waals surface area contributed by atoms with Gasteiger partial charge >= 0.3 is 0 Å². The van der Waals surface area contributed by atoms with E-state index in [9.17, 15) is 0 Å². The molecule has 0 radical (unpaired) electrons. The quantitative estimate of drug-likeness (QED) is 0.509. The van der Waals surface area contributed by atoms with Gasteiger partial charge in [0.15, 0.2) is 5.65 Å². The molecule has 5 rings (SSSR count). The standard InChI is InChI=1S/C25H27N5O/c1-19-24(21-10-6-3-7-11-21)25-27-22(20-8-4-2-5-9-20)18-23(30(25)28-19)26-12-13-29-14-16-31-17-15-29/h2-11,18,26H,12-17H2,1H3/p+1. The minimum atomic E-state index is 0.853. The molecule has 31 heavy (non-hydrogen) atoms. The number of nitrogens with zero attached hydrogens (tertiary/aromatic N) is 3. The first-order valence-electron chi connectivity index (χ1n) is 11.0. The molecule has 1 saturated heterocycles. The molecule has 1 aliphatic heterocycles. The molecule has 2 N–H and O–H groups in total. The van der Waals surface area contributed by atoms with Gasteiger partial charge in [0.1, 0.15) is 18.9 Å². The summed E-state index contributed by atoms with van der Waals surface area (Å²) in [5, 5.41) is 8.49. The molecule has 6 heteroatoms. The monoisotopic (exact) mass is 414 g/mol. The Bertz CT molecular complexity index is 1150. The van der Waals surface area contributed by atoms with E-state index in [1.165, 1.54) is 0 Å². The zero-order valence-electron chi connectivity index (χ0n) is 17.8. The molecule has 0 bridgehead atoms. The van der Waals surface area contributed by atoms with E-state index >= 15 is 0 Å². The van der Waals surface area contributed by atoms with Crippen molar-refractivity contribution in [1.29, 1.82) is 0 Å². The molecule has 0 spiro atoms. The lowest BCUT2D eigenvalue weighted by Gasteiger charge is -2.24. The van der Waals surface area contributed by atoms with Gasteiger partial charge in [-0.15, -0.1) is 0 Å². The summed E-state index contributed by atoms with van der Waals surface area (Å²) in [7, 11) is 0. The van der Waals surface area contributed by atoms with E-state index in [0.29, 0.717) is 0 Å². The van der Waals surface area contributed by atoms with Gasteiger partial charge in [0.05, 0.1) is 37.7 Å². The van der Waals surface area contributed by atoms with Crippen LogP contribution in [-0.4, -0.2) is 54.0 Å². The summed E-state index contributed by atoms with van der Waals surface area (Å²) >= 11 is 0. The lowest BCUT2D eigenvalue weighted by molar-refractivity contribution is -0.906. The van der Waals surface area contributed by atoms with Crippen molar-refractivity contribution >= 4 is 11.5 Å². The summed E-state index contributed by atoms with van der Waals surface area (Å²) in [5.74, 6) is 0.974. The van der Waals surface area contributed by atoms with Gasteiger partial charge in [-0.2, -0.15) is 9.61 Å². The largest absolute Gasteiger partial charge is 0.370 e. The van der Waals surface area contributed by atoms with Crippen molar-refractivity contribution < 1.29 is 9.64 Å². The number of ether oxygens (including phenoxy) is 1. The Morgan fingerprint density at radius 1 is 0.968 bits per heavy atom. The van der Waals surface area contributed by atoms with Gasteiger partial charge in [-0.25, -0.2) is 4.98 Å². The number of benzene rings is 2. The molecule has 1 aliphatic rings. The van der Waals surface area contributed by atoms with Crippen molar-refractivity contribution in [3.63, 3.8) is 0 Å². The highest BCUT2D eigenvalue weighted by atomic mass is 16.5. The highest BCUT2D eigenvalue weighted by molar-refractivity contribution is 5.82. The molecular formula is C25H28N5O+. The smallest absolute Gasteiger partial charge is 0.166 e. The fourth-order valence-corrected chi connectivity index (χ4v) is 4.23. The van der Waals surface area contributed by atoms with E-state index in [0.717, 1.165) is 78.9 Å². The summed E-state index contributed by atoms with van der Waals surface area (Å²) < 4.78 is 7.44.